The molecule has 1 aromatic heterocycles. The van der Waals surface area contributed by atoms with Crippen molar-refractivity contribution in [2.45, 2.75) is 13.8 Å². The van der Waals surface area contributed by atoms with Gasteiger partial charge in [0, 0.05) is 27.5 Å². The summed E-state index contributed by atoms with van der Waals surface area (Å²) in [5.74, 6) is 6.51. The van der Waals surface area contributed by atoms with Crippen molar-refractivity contribution in [1.29, 1.82) is 0 Å². The molecule has 6 heteroatoms. The second kappa shape index (κ2) is 10.9. The molecule has 0 aliphatic heterocycles. The van der Waals surface area contributed by atoms with E-state index in [9.17, 15) is 9.59 Å². The van der Waals surface area contributed by atoms with Crippen LogP contribution in [0.15, 0.2) is 91.0 Å². The van der Waals surface area contributed by atoms with Crippen LogP contribution in [0, 0.1) is 11.8 Å². The molecule has 0 aliphatic rings. The topological polar surface area (TPSA) is 69.6 Å². The fourth-order valence-corrected chi connectivity index (χ4v) is 4.51. The first-order chi connectivity index (χ1) is 18.6. The largest absolute Gasteiger partial charge is 0.450 e. The lowest BCUT2D eigenvalue weighted by atomic mass is 9.97. The van der Waals surface area contributed by atoms with Crippen LogP contribution in [-0.2, 0) is 9.47 Å². The number of aromatic nitrogens is 1. The highest BCUT2D eigenvalue weighted by Crippen LogP contribution is 2.35. The zero-order chi connectivity index (χ0) is 26.5. The summed E-state index contributed by atoms with van der Waals surface area (Å²) in [4.78, 5) is 25.1. The number of ether oxygens (including phenoxy) is 2. The SMILES string of the molecule is CCOC(=O)Nc1ccccc1C#Cc1cccc2cccc(-c3cc4ccccc4n3C(=O)OCC)c12. The summed E-state index contributed by atoms with van der Waals surface area (Å²) >= 11 is 0. The molecule has 5 rings (SSSR count). The summed E-state index contributed by atoms with van der Waals surface area (Å²) in [6, 6.07) is 29.0. The van der Waals surface area contributed by atoms with Crippen LogP contribution < -0.4 is 5.32 Å². The molecule has 0 saturated carbocycles. The molecule has 1 amide bonds. The van der Waals surface area contributed by atoms with Gasteiger partial charge >= 0.3 is 12.2 Å². The lowest BCUT2D eigenvalue weighted by Gasteiger charge is -2.12. The van der Waals surface area contributed by atoms with E-state index in [0.717, 1.165) is 38.5 Å². The van der Waals surface area contributed by atoms with E-state index in [-0.39, 0.29) is 13.2 Å². The third kappa shape index (κ3) is 4.82. The van der Waals surface area contributed by atoms with Crippen molar-refractivity contribution in [2.75, 3.05) is 18.5 Å². The van der Waals surface area contributed by atoms with E-state index in [1.165, 1.54) is 0 Å². The number of hydrogen-bond donors (Lipinski definition) is 1. The predicted octanol–water partition coefficient (Wildman–Crippen LogP) is 7.43. The van der Waals surface area contributed by atoms with Gasteiger partial charge in [-0.3, -0.25) is 5.32 Å². The Bertz CT molecular complexity index is 1720. The normalized spacial score (nSPS) is 10.6. The van der Waals surface area contributed by atoms with Gasteiger partial charge in [-0.2, -0.15) is 0 Å². The fraction of sp³-hybridized carbons (Fsp3) is 0.125. The molecule has 38 heavy (non-hydrogen) atoms. The zero-order valence-corrected chi connectivity index (χ0v) is 21.2. The number of carbonyl (C=O) groups is 2. The quantitative estimate of drug-likeness (QED) is 0.259. The van der Waals surface area contributed by atoms with Crippen LogP contribution in [0.1, 0.15) is 25.0 Å². The smallest absolute Gasteiger partial charge is 0.418 e. The Morgan fingerprint density at radius 3 is 2.24 bits per heavy atom. The molecule has 0 fully saturated rings. The molecule has 0 radical (unpaired) electrons. The number of para-hydroxylation sites is 2. The number of hydrogen-bond acceptors (Lipinski definition) is 4. The molecule has 5 aromatic rings. The van der Waals surface area contributed by atoms with Crippen molar-refractivity contribution in [3.63, 3.8) is 0 Å². The second-order valence-corrected chi connectivity index (χ2v) is 8.47. The van der Waals surface area contributed by atoms with E-state index < -0.39 is 12.2 Å². The van der Waals surface area contributed by atoms with Gasteiger partial charge in [-0.15, -0.1) is 0 Å². The number of rotatable bonds is 4. The molecule has 0 spiro atoms. The summed E-state index contributed by atoms with van der Waals surface area (Å²) in [7, 11) is 0. The predicted molar refractivity (Wildman–Crippen MR) is 150 cm³/mol. The molecule has 4 aromatic carbocycles. The number of benzene rings is 4. The Kier molecular flexibility index (Phi) is 7.10. The summed E-state index contributed by atoms with van der Waals surface area (Å²) < 4.78 is 12.1. The molecule has 0 unspecified atom stereocenters. The van der Waals surface area contributed by atoms with Crippen molar-refractivity contribution in [2.24, 2.45) is 0 Å². The Labute approximate surface area is 220 Å². The number of amides is 1. The standard InChI is InChI=1S/C32H26N2O4/c1-3-37-31(35)33-27-17-7-5-11-22(27)19-20-24-14-9-13-23-15-10-16-26(30(23)24)29-21-25-12-6-8-18-28(25)34(29)32(36)38-4-2/h5-18,21H,3-4H2,1-2H3,(H,33,35). The highest BCUT2D eigenvalue weighted by molar-refractivity contribution is 6.05. The maximum absolute atomic E-state index is 13.1. The molecule has 6 nitrogen and oxygen atoms in total. The van der Waals surface area contributed by atoms with E-state index in [2.05, 4.69) is 17.2 Å². The van der Waals surface area contributed by atoms with Gasteiger partial charge in [0.2, 0.25) is 0 Å². The van der Waals surface area contributed by atoms with Gasteiger partial charge in [-0.25, -0.2) is 14.2 Å². The number of nitrogens with one attached hydrogen (secondary N) is 1. The summed E-state index contributed by atoms with van der Waals surface area (Å²) in [6.07, 6.45) is -0.954. The van der Waals surface area contributed by atoms with Crippen molar-refractivity contribution in [3.05, 3.63) is 102 Å². The summed E-state index contributed by atoms with van der Waals surface area (Å²) in [5.41, 5.74) is 4.41. The van der Waals surface area contributed by atoms with E-state index >= 15 is 0 Å². The Morgan fingerprint density at radius 2 is 1.42 bits per heavy atom. The second-order valence-electron chi connectivity index (χ2n) is 8.47. The first-order valence-electron chi connectivity index (χ1n) is 12.4. The van der Waals surface area contributed by atoms with Crippen molar-refractivity contribution < 1.29 is 19.1 Å². The van der Waals surface area contributed by atoms with Gasteiger partial charge < -0.3 is 9.47 Å². The minimum absolute atomic E-state index is 0.274. The lowest BCUT2D eigenvalue weighted by Crippen LogP contribution is -2.14. The van der Waals surface area contributed by atoms with Crippen LogP contribution in [0.5, 0.6) is 0 Å². The molecular formula is C32H26N2O4. The maximum atomic E-state index is 13.1. The minimum Gasteiger partial charge on any atom is -0.450 e. The third-order valence-electron chi connectivity index (χ3n) is 6.11. The lowest BCUT2D eigenvalue weighted by molar-refractivity contribution is 0.155. The van der Waals surface area contributed by atoms with Crippen LogP contribution in [0.2, 0.25) is 0 Å². The number of nitrogens with zero attached hydrogens (tertiary/aromatic N) is 1. The van der Waals surface area contributed by atoms with Gasteiger partial charge in [0.1, 0.15) is 0 Å². The van der Waals surface area contributed by atoms with Crippen LogP contribution in [-0.4, -0.2) is 30.0 Å². The highest BCUT2D eigenvalue weighted by Gasteiger charge is 2.19. The monoisotopic (exact) mass is 502 g/mol. The molecule has 188 valence electrons. The van der Waals surface area contributed by atoms with Crippen molar-refractivity contribution >= 4 is 39.5 Å². The maximum Gasteiger partial charge on any atom is 0.418 e. The van der Waals surface area contributed by atoms with Gasteiger partial charge in [-0.05, 0) is 49.6 Å². The molecule has 0 saturated heterocycles. The third-order valence-corrected chi connectivity index (χ3v) is 6.11. The fourth-order valence-electron chi connectivity index (χ4n) is 4.51. The van der Waals surface area contributed by atoms with Crippen LogP contribution in [0.3, 0.4) is 0 Å². The van der Waals surface area contributed by atoms with Crippen molar-refractivity contribution in [1.82, 2.24) is 4.57 Å². The van der Waals surface area contributed by atoms with E-state index in [0.29, 0.717) is 11.3 Å². The van der Waals surface area contributed by atoms with Crippen LogP contribution >= 0.6 is 0 Å². The Balaban J connectivity index is 1.67. The minimum atomic E-state index is -0.527. The van der Waals surface area contributed by atoms with Gasteiger partial charge in [0.05, 0.1) is 30.1 Å². The van der Waals surface area contributed by atoms with E-state index in [4.69, 9.17) is 9.47 Å². The zero-order valence-electron chi connectivity index (χ0n) is 21.2. The van der Waals surface area contributed by atoms with Gasteiger partial charge in [0.25, 0.3) is 0 Å². The van der Waals surface area contributed by atoms with Crippen LogP contribution in [0.4, 0.5) is 15.3 Å². The first kappa shape index (κ1) is 24.7. The molecule has 0 bridgehead atoms. The van der Waals surface area contributed by atoms with Crippen LogP contribution in [0.25, 0.3) is 32.9 Å². The van der Waals surface area contributed by atoms with Gasteiger partial charge in [0.15, 0.2) is 0 Å². The molecule has 0 aliphatic carbocycles. The molecule has 0 atom stereocenters. The van der Waals surface area contributed by atoms with Gasteiger partial charge in [-0.1, -0.05) is 72.5 Å². The van der Waals surface area contributed by atoms with E-state index in [1.54, 1.807) is 24.5 Å². The number of anilines is 1. The highest BCUT2D eigenvalue weighted by atomic mass is 16.6. The molecular weight excluding hydrogens is 476 g/mol. The van der Waals surface area contributed by atoms with E-state index in [1.807, 2.05) is 84.9 Å². The average molecular weight is 503 g/mol. The molecule has 1 heterocycles. The van der Waals surface area contributed by atoms with Crippen molar-refractivity contribution in [3.8, 4) is 23.1 Å². The average Bonchev–Trinajstić information content (AvgIpc) is 3.32. The number of carbonyl (C=O) groups excluding carboxylic acids is 2. The molecule has 1 N–H and O–H groups in total. The summed E-state index contributed by atoms with van der Waals surface area (Å²) in [5, 5.41) is 5.61. The number of fused-ring (bicyclic) bond motifs is 2. The first-order valence-corrected chi connectivity index (χ1v) is 12.4. The summed E-state index contributed by atoms with van der Waals surface area (Å²) in [6.45, 7) is 4.10. The Hall–Kier alpha value is -5.02. The Morgan fingerprint density at radius 1 is 0.763 bits per heavy atom.